The molecule has 0 spiro atoms. The molecule has 0 unspecified atom stereocenters. The number of urea groups is 1. The Morgan fingerprint density at radius 1 is 1.13 bits per heavy atom. The van der Waals surface area contributed by atoms with Crippen LogP contribution in [-0.2, 0) is 22.6 Å². The van der Waals surface area contributed by atoms with Crippen molar-refractivity contribution in [2.24, 2.45) is 0 Å². The SMILES string of the molecule is CCN(CC)C(=O)Cn1ccc2cc(NC(=O)Nc3cnn(CCOC)c3)ccc21. The van der Waals surface area contributed by atoms with Crippen molar-refractivity contribution in [2.75, 3.05) is 37.4 Å². The van der Waals surface area contributed by atoms with E-state index in [-0.39, 0.29) is 11.9 Å². The molecule has 9 nitrogen and oxygen atoms in total. The van der Waals surface area contributed by atoms with Gasteiger partial charge in [0.2, 0.25) is 5.91 Å². The lowest BCUT2D eigenvalue weighted by molar-refractivity contribution is -0.131. The van der Waals surface area contributed by atoms with Crippen molar-refractivity contribution < 1.29 is 14.3 Å². The lowest BCUT2D eigenvalue weighted by atomic mass is 10.2. The molecule has 0 saturated heterocycles. The molecule has 2 N–H and O–H groups in total. The van der Waals surface area contributed by atoms with E-state index >= 15 is 0 Å². The monoisotopic (exact) mass is 412 g/mol. The molecule has 0 aliphatic heterocycles. The first-order valence-corrected chi connectivity index (χ1v) is 10.00. The Labute approximate surface area is 175 Å². The van der Waals surface area contributed by atoms with Crippen LogP contribution in [0.25, 0.3) is 10.9 Å². The summed E-state index contributed by atoms with van der Waals surface area (Å²) in [5.41, 5.74) is 2.21. The Balaban J connectivity index is 1.62. The summed E-state index contributed by atoms with van der Waals surface area (Å²) in [4.78, 5) is 26.5. The number of ether oxygens (including phenoxy) is 1. The topological polar surface area (TPSA) is 93.4 Å². The first-order chi connectivity index (χ1) is 14.5. The molecule has 9 heteroatoms. The molecular weight excluding hydrogens is 384 g/mol. The van der Waals surface area contributed by atoms with Gasteiger partial charge in [0.1, 0.15) is 6.54 Å². The summed E-state index contributed by atoms with van der Waals surface area (Å²) in [6.45, 7) is 6.81. The highest BCUT2D eigenvalue weighted by Crippen LogP contribution is 2.21. The van der Waals surface area contributed by atoms with E-state index in [2.05, 4.69) is 15.7 Å². The fraction of sp³-hybridized carbons (Fsp3) is 0.381. The number of likely N-dealkylation sites (N-methyl/N-ethyl adjacent to an activating group) is 1. The quantitative estimate of drug-likeness (QED) is 0.565. The third-order valence-electron chi connectivity index (χ3n) is 4.87. The maximum absolute atomic E-state index is 12.4. The second-order valence-corrected chi connectivity index (χ2v) is 6.85. The number of hydrogen-bond donors (Lipinski definition) is 2. The number of hydrogen-bond acceptors (Lipinski definition) is 4. The molecule has 0 radical (unpaired) electrons. The third kappa shape index (κ3) is 5.18. The average Bonchev–Trinajstić information content (AvgIpc) is 3.34. The molecule has 0 atom stereocenters. The van der Waals surface area contributed by atoms with Crippen LogP contribution in [0.2, 0.25) is 0 Å². The van der Waals surface area contributed by atoms with E-state index in [1.807, 2.05) is 53.8 Å². The molecule has 30 heavy (non-hydrogen) atoms. The van der Waals surface area contributed by atoms with Crippen LogP contribution in [0.3, 0.4) is 0 Å². The van der Waals surface area contributed by atoms with Crippen LogP contribution in [-0.4, -0.2) is 58.0 Å². The van der Waals surface area contributed by atoms with Crippen LogP contribution in [0.1, 0.15) is 13.8 Å². The van der Waals surface area contributed by atoms with E-state index in [1.165, 1.54) is 0 Å². The van der Waals surface area contributed by atoms with E-state index < -0.39 is 0 Å². The van der Waals surface area contributed by atoms with Crippen LogP contribution in [0, 0.1) is 0 Å². The van der Waals surface area contributed by atoms with Gasteiger partial charge in [0, 0.05) is 49.2 Å². The zero-order valence-electron chi connectivity index (χ0n) is 17.6. The molecule has 3 aromatic rings. The summed E-state index contributed by atoms with van der Waals surface area (Å²) >= 11 is 0. The summed E-state index contributed by atoms with van der Waals surface area (Å²) in [7, 11) is 1.63. The molecule has 0 saturated carbocycles. The summed E-state index contributed by atoms with van der Waals surface area (Å²) < 4.78 is 8.64. The number of methoxy groups -OCH3 is 1. The van der Waals surface area contributed by atoms with E-state index in [9.17, 15) is 9.59 Å². The van der Waals surface area contributed by atoms with Crippen molar-refractivity contribution in [2.45, 2.75) is 26.9 Å². The molecule has 2 heterocycles. The number of amides is 3. The third-order valence-corrected chi connectivity index (χ3v) is 4.87. The molecule has 2 aromatic heterocycles. The summed E-state index contributed by atoms with van der Waals surface area (Å²) in [6, 6.07) is 7.20. The Morgan fingerprint density at radius 3 is 2.63 bits per heavy atom. The molecule has 160 valence electrons. The smallest absolute Gasteiger partial charge is 0.323 e. The average molecular weight is 412 g/mol. The first-order valence-electron chi connectivity index (χ1n) is 10.00. The fourth-order valence-corrected chi connectivity index (χ4v) is 3.27. The summed E-state index contributed by atoms with van der Waals surface area (Å²) in [5, 5.41) is 10.7. The van der Waals surface area contributed by atoms with Gasteiger partial charge in [-0.25, -0.2) is 4.79 Å². The van der Waals surface area contributed by atoms with Gasteiger partial charge in [-0.3, -0.25) is 9.48 Å². The molecule has 0 bridgehead atoms. The van der Waals surface area contributed by atoms with Crippen molar-refractivity contribution in [3.8, 4) is 0 Å². The van der Waals surface area contributed by atoms with E-state index in [0.717, 1.165) is 10.9 Å². The minimum Gasteiger partial charge on any atom is -0.383 e. The maximum Gasteiger partial charge on any atom is 0.323 e. The number of rotatable bonds is 9. The zero-order chi connectivity index (χ0) is 21.5. The fourth-order valence-electron chi connectivity index (χ4n) is 3.27. The van der Waals surface area contributed by atoms with Gasteiger partial charge < -0.3 is 24.8 Å². The lowest BCUT2D eigenvalue weighted by Gasteiger charge is -2.19. The van der Waals surface area contributed by atoms with Crippen molar-refractivity contribution in [1.29, 1.82) is 0 Å². The highest BCUT2D eigenvalue weighted by Gasteiger charge is 2.12. The molecule has 0 fully saturated rings. The van der Waals surface area contributed by atoms with Gasteiger partial charge in [0.15, 0.2) is 0 Å². The number of aromatic nitrogens is 3. The van der Waals surface area contributed by atoms with E-state index in [1.54, 1.807) is 24.2 Å². The van der Waals surface area contributed by atoms with Crippen molar-refractivity contribution >= 4 is 34.2 Å². The first kappa shape index (κ1) is 21.4. The predicted molar refractivity (Wildman–Crippen MR) is 117 cm³/mol. The van der Waals surface area contributed by atoms with Crippen molar-refractivity contribution in [3.05, 3.63) is 42.9 Å². The lowest BCUT2D eigenvalue weighted by Crippen LogP contribution is -2.33. The summed E-state index contributed by atoms with van der Waals surface area (Å²) in [5.74, 6) is 0.0881. The maximum atomic E-state index is 12.4. The molecule has 0 aliphatic rings. The van der Waals surface area contributed by atoms with Crippen molar-refractivity contribution in [1.82, 2.24) is 19.2 Å². The van der Waals surface area contributed by atoms with Crippen molar-refractivity contribution in [3.63, 3.8) is 0 Å². The number of nitrogens with zero attached hydrogens (tertiary/aromatic N) is 4. The van der Waals surface area contributed by atoms with Gasteiger partial charge in [0.05, 0.1) is 25.0 Å². The second-order valence-electron chi connectivity index (χ2n) is 6.85. The van der Waals surface area contributed by atoms with Crippen LogP contribution >= 0.6 is 0 Å². The number of carbonyl (C=O) groups excluding carboxylic acids is 2. The normalized spacial score (nSPS) is 10.9. The number of anilines is 2. The number of benzene rings is 1. The Morgan fingerprint density at radius 2 is 1.90 bits per heavy atom. The standard InChI is InChI=1S/C21H28N6O3/c1-4-25(5-2)20(28)15-26-9-8-16-12-17(6-7-19(16)26)23-21(29)24-18-13-22-27(14-18)10-11-30-3/h6-9,12-14H,4-5,10-11,15H2,1-3H3,(H2,23,24,29). The van der Waals surface area contributed by atoms with E-state index in [4.69, 9.17) is 4.74 Å². The largest absolute Gasteiger partial charge is 0.383 e. The van der Waals surface area contributed by atoms with Crippen LogP contribution in [0.15, 0.2) is 42.9 Å². The highest BCUT2D eigenvalue weighted by molar-refractivity contribution is 6.01. The highest BCUT2D eigenvalue weighted by atomic mass is 16.5. The van der Waals surface area contributed by atoms with Gasteiger partial charge in [-0.2, -0.15) is 5.10 Å². The number of fused-ring (bicyclic) bond motifs is 1. The Kier molecular flexibility index (Phi) is 7.08. The predicted octanol–water partition coefficient (Wildman–Crippen LogP) is 3.00. The number of nitrogens with one attached hydrogen (secondary N) is 2. The van der Waals surface area contributed by atoms with Gasteiger partial charge in [0.25, 0.3) is 0 Å². The molecule has 3 amide bonds. The molecule has 1 aromatic carbocycles. The van der Waals surface area contributed by atoms with Gasteiger partial charge >= 0.3 is 6.03 Å². The van der Waals surface area contributed by atoms with E-state index in [0.29, 0.717) is 44.2 Å². The van der Waals surface area contributed by atoms with Gasteiger partial charge in [-0.1, -0.05) is 0 Å². The molecule has 0 aliphatic carbocycles. The van der Waals surface area contributed by atoms with Crippen LogP contribution < -0.4 is 10.6 Å². The summed E-state index contributed by atoms with van der Waals surface area (Å²) in [6.07, 6.45) is 5.23. The van der Waals surface area contributed by atoms with Crippen LogP contribution in [0.4, 0.5) is 16.2 Å². The second kappa shape index (κ2) is 9.93. The minimum absolute atomic E-state index is 0.0881. The zero-order valence-corrected chi connectivity index (χ0v) is 17.6. The molecular formula is C21H28N6O3. The molecule has 3 rings (SSSR count). The van der Waals surface area contributed by atoms with Gasteiger partial charge in [-0.15, -0.1) is 0 Å². The number of carbonyl (C=O) groups is 2. The Bertz CT molecular complexity index is 1010. The van der Waals surface area contributed by atoms with Gasteiger partial charge in [-0.05, 0) is 38.1 Å². The van der Waals surface area contributed by atoms with Crippen LogP contribution in [0.5, 0.6) is 0 Å². The minimum atomic E-state index is -0.350. The Hall–Kier alpha value is -3.33.